The van der Waals surface area contributed by atoms with Crippen molar-refractivity contribution >= 4 is 21.9 Å². The minimum Gasteiger partial charge on any atom is -0.479 e. The van der Waals surface area contributed by atoms with Gasteiger partial charge in [0, 0.05) is 16.8 Å². The molecule has 102 valence electrons. The molecule has 0 saturated heterocycles. The summed E-state index contributed by atoms with van der Waals surface area (Å²) in [7, 11) is 1.59. The van der Waals surface area contributed by atoms with Crippen molar-refractivity contribution in [2.75, 3.05) is 7.11 Å². The Morgan fingerprint density at radius 2 is 2.30 bits per heavy atom. The number of hydrogen-bond donors (Lipinski definition) is 0. The van der Waals surface area contributed by atoms with Crippen LogP contribution >= 0.6 is 0 Å². The van der Waals surface area contributed by atoms with Crippen LogP contribution in [0.4, 0.5) is 0 Å². The van der Waals surface area contributed by atoms with Gasteiger partial charge in [-0.25, -0.2) is 0 Å². The SMILES string of the molecule is COc1nn(C[C@H](C)N=[N+]=[N-])c2c1ccc1occc12. The van der Waals surface area contributed by atoms with E-state index in [0.717, 1.165) is 21.9 Å². The molecule has 2 aromatic heterocycles. The number of furan rings is 1. The zero-order valence-corrected chi connectivity index (χ0v) is 11.1. The number of nitrogens with zero attached hydrogens (tertiary/aromatic N) is 5. The quantitative estimate of drug-likeness (QED) is 0.413. The number of benzene rings is 1. The summed E-state index contributed by atoms with van der Waals surface area (Å²) < 4.78 is 12.5. The van der Waals surface area contributed by atoms with Gasteiger partial charge >= 0.3 is 0 Å². The lowest BCUT2D eigenvalue weighted by molar-refractivity contribution is 0.389. The van der Waals surface area contributed by atoms with Gasteiger partial charge < -0.3 is 9.15 Å². The molecule has 7 heteroatoms. The largest absolute Gasteiger partial charge is 0.479 e. The van der Waals surface area contributed by atoms with Gasteiger partial charge in [-0.1, -0.05) is 12.0 Å². The molecule has 0 aliphatic heterocycles. The number of azide groups is 1. The standard InChI is InChI=1S/C13H13N5O2/c1-8(15-17-14)7-18-12-9-5-6-20-11(9)4-3-10(12)13(16-18)19-2/h3-6,8H,7H2,1-2H3/t8-/m0/s1. The first-order chi connectivity index (χ1) is 9.74. The molecule has 20 heavy (non-hydrogen) atoms. The van der Waals surface area contributed by atoms with Crippen LogP contribution < -0.4 is 4.74 Å². The van der Waals surface area contributed by atoms with E-state index in [4.69, 9.17) is 14.7 Å². The highest BCUT2D eigenvalue weighted by Gasteiger charge is 2.16. The van der Waals surface area contributed by atoms with Crippen LogP contribution in [0.15, 0.2) is 34.0 Å². The lowest BCUT2D eigenvalue weighted by Gasteiger charge is -2.06. The smallest absolute Gasteiger partial charge is 0.240 e. The molecule has 0 aliphatic carbocycles. The summed E-state index contributed by atoms with van der Waals surface area (Å²) in [5.74, 6) is 0.552. The summed E-state index contributed by atoms with van der Waals surface area (Å²) in [6.07, 6.45) is 1.64. The summed E-state index contributed by atoms with van der Waals surface area (Å²) >= 11 is 0. The van der Waals surface area contributed by atoms with Gasteiger partial charge in [-0.05, 0) is 23.7 Å². The van der Waals surface area contributed by atoms with Crippen LogP contribution in [0.25, 0.3) is 32.3 Å². The third kappa shape index (κ3) is 1.85. The molecule has 0 bridgehead atoms. The lowest BCUT2D eigenvalue weighted by atomic mass is 10.2. The minimum atomic E-state index is -0.199. The summed E-state index contributed by atoms with van der Waals surface area (Å²) in [5.41, 5.74) is 10.2. The predicted octanol–water partition coefficient (Wildman–Crippen LogP) is 3.49. The molecule has 3 rings (SSSR count). The Morgan fingerprint density at radius 3 is 3.05 bits per heavy atom. The molecular weight excluding hydrogens is 258 g/mol. The topological polar surface area (TPSA) is 89.0 Å². The number of ether oxygens (including phenoxy) is 1. The van der Waals surface area contributed by atoms with Crippen LogP contribution in [0.2, 0.25) is 0 Å². The Morgan fingerprint density at radius 1 is 1.45 bits per heavy atom. The van der Waals surface area contributed by atoms with Crippen molar-refractivity contribution in [3.05, 3.63) is 34.9 Å². The Bertz CT molecular complexity index is 813. The summed E-state index contributed by atoms with van der Waals surface area (Å²) in [6.45, 7) is 2.32. The summed E-state index contributed by atoms with van der Waals surface area (Å²) in [5, 5.41) is 9.99. The first-order valence-corrected chi connectivity index (χ1v) is 6.19. The van der Waals surface area contributed by atoms with Crippen LogP contribution in [0.5, 0.6) is 5.88 Å². The van der Waals surface area contributed by atoms with Gasteiger partial charge in [0.1, 0.15) is 5.58 Å². The Kier molecular flexibility index (Phi) is 2.96. The van der Waals surface area contributed by atoms with Gasteiger partial charge in [-0.15, -0.1) is 5.10 Å². The van der Waals surface area contributed by atoms with E-state index in [1.165, 1.54) is 0 Å². The van der Waals surface area contributed by atoms with Crippen molar-refractivity contribution < 1.29 is 9.15 Å². The molecule has 2 heterocycles. The van der Waals surface area contributed by atoms with E-state index in [1.54, 1.807) is 18.1 Å². The van der Waals surface area contributed by atoms with Crippen LogP contribution in [-0.4, -0.2) is 22.9 Å². The van der Waals surface area contributed by atoms with E-state index in [0.29, 0.717) is 12.4 Å². The fraction of sp³-hybridized carbons (Fsp3) is 0.308. The van der Waals surface area contributed by atoms with E-state index in [1.807, 2.05) is 25.1 Å². The third-order valence-electron chi connectivity index (χ3n) is 3.19. The molecule has 0 saturated carbocycles. The van der Waals surface area contributed by atoms with Crippen LogP contribution in [0.1, 0.15) is 6.92 Å². The fourth-order valence-corrected chi connectivity index (χ4v) is 2.35. The average molecular weight is 271 g/mol. The normalized spacial score (nSPS) is 12.5. The summed E-state index contributed by atoms with van der Waals surface area (Å²) in [6, 6.07) is 5.51. The lowest BCUT2D eigenvalue weighted by Crippen LogP contribution is -2.11. The van der Waals surface area contributed by atoms with Gasteiger partial charge in [-0.3, -0.25) is 4.68 Å². The number of fused-ring (bicyclic) bond motifs is 3. The third-order valence-corrected chi connectivity index (χ3v) is 3.19. The number of hydrogen-bond acceptors (Lipinski definition) is 4. The molecular formula is C13H13N5O2. The molecule has 7 nitrogen and oxygen atoms in total. The maximum absolute atomic E-state index is 8.51. The highest BCUT2D eigenvalue weighted by molar-refractivity contribution is 6.05. The van der Waals surface area contributed by atoms with Gasteiger partial charge in [0.25, 0.3) is 0 Å². The highest BCUT2D eigenvalue weighted by atomic mass is 16.5. The van der Waals surface area contributed by atoms with Crippen molar-refractivity contribution in [3.8, 4) is 5.88 Å². The maximum atomic E-state index is 8.51. The maximum Gasteiger partial charge on any atom is 0.240 e. The van der Waals surface area contributed by atoms with Crippen molar-refractivity contribution in [2.24, 2.45) is 5.11 Å². The van der Waals surface area contributed by atoms with Crippen molar-refractivity contribution in [3.63, 3.8) is 0 Å². The summed E-state index contributed by atoms with van der Waals surface area (Å²) in [4.78, 5) is 2.83. The van der Waals surface area contributed by atoms with E-state index < -0.39 is 0 Å². The van der Waals surface area contributed by atoms with Gasteiger partial charge in [0.2, 0.25) is 5.88 Å². The van der Waals surface area contributed by atoms with Crippen molar-refractivity contribution in [1.82, 2.24) is 9.78 Å². The van der Waals surface area contributed by atoms with Crippen molar-refractivity contribution in [1.29, 1.82) is 0 Å². The molecule has 3 aromatic rings. The molecule has 0 N–H and O–H groups in total. The zero-order valence-electron chi connectivity index (χ0n) is 11.1. The predicted molar refractivity (Wildman–Crippen MR) is 74.7 cm³/mol. The molecule has 1 atom stereocenters. The van der Waals surface area contributed by atoms with E-state index in [2.05, 4.69) is 15.1 Å². The van der Waals surface area contributed by atoms with Gasteiger partial charge in [0.05, 0.1) is 30.3 Å². The second kappa shape index (κ2) is 4.79. The highest BCUT2D eigenvalue weighted by Crippen LogP contribution is 2.32. The van der Waals surface area contributed by atoms with Crippen LogP contribution in [0.3, 0.4) is 0 Å². The van der Waals surface area contributed by atoms with Crippen LogP contribution in [-0.2, 0) is 6.54 Å². The molecule has 0 spiro atoms. The van der Waals surface area contributed by atoms with Crippen molar-refractivity contribution in [2.45, 2.75) is 19.5 Å². The second-order valence-corrected chi connectivity index (χ2v) is 4.54. The first-order valence-electron chi connectivity index (χ1n) is 6.19. The fourth-order valence-electron chi connectivity index (χ4n) is 2.35. The Labute approximate surface area is 114 Å². The molecule has 0 unspecified atom stereocenters. The molecule has 0 radical (unpaired) electrons. The van der Waals surface area contributed by atoms with Crippen LogP contribution in [0, 0.1) is 0 Å². The Balaban J connectivity index is 2.24. The van der Waals surface area contributed by atoms with E-state index >= 15 is 0 Å². The van der Waals surface area contributed by atoms with E-state index in [9.17, 15) is 0 Å². The number of aromatic nitrogens is 2. The van der Waals surface area contributed by atoms with Gasteiger partial charge in [-0.2, -0.15) is 0 Å². The monoisotopic (exact) mass is 271 g/mol. The first kappa shape index (κ1) is 12.4. The zero-order chi connectivity index (χ0) is 14.1. The van der Waals surface area contributed by atoms with Gasteiger partial charge in [0.15, 0.2) is 0 Å². The minimum absolute atomic E-state index is 0.199. The molecule has 0 amide bonds. The number of rotatable bonds is 4. The Hall–Kier alpha value is -2.66. The second-order valence-electron chi connectivity index (χ2n) is 4.54. The molecule has 0 fully saturated rings. The average Bonchev–Trinajstić information content (AvgIpc) is 3.02. The molecule has 1 aromatic carbocycles. The number of methoxy groups -OCH3 is 1. The molecule has 0 aliphatic rings. The van der Waals surface area contributed by atoms with E-state index in [-0.39, 0.29) is 6.04 Å².